The highest BCUT2D eigenvalue weighted by Crippen LogP contribution is 2.24. The van der Waals surface area contributed by atoms with E-state index in [2.05, 4.69) is 17.6 Å². The Bertz CT molecular complexity index is 1000. The van der Waals surface area contributed by atoms with Crippen molar-refractivity contribution in [2.45, 2.75) is 77.7 Å². The lowest BCUT2D eigenvalue weighted by Crippen LogP contribution is -2.24. The fraction of sp³-hybridized carbons (Fsp3) is 0.406. The predicted molar refractivity (Wildman–Crippen MR) is 149 cm³/mol. The van der Waals surface area contributed by atoms with Gasteiger partial charge in [-0.05, 0) is 48.4 Å². The van der Waals surface area contributed by atoms with Crippen molar-refractivity contribution >= 4 is 11.6 Å². The molecule has 0 saturated heterocycles. The number of nitrogens with one attached hydrogen (secondary N) is 1. The van der Waals surface area contributed by atoms with Crippen LogP contribution in [-0.2, 0) is 6.54 Å². The Morgan fingerprint density at radius 1 is 0.722 bits per heavy atom. The Labute approximate surface area is 217 Å². The van der Waals surface area contributed by atoms with Crippen molar-refractivity contribution in [2.75, 3.05) is 6.54 Å². The van der Waals surface area contributed by atoms with E-state index in [0.29, 0.717) is 12.1 Å². The molecule has 1 N–H and O–H groups in total. The molecule has 0 bridgehead atoms. The third-order valence-corrected chi connectivity index (χ3v) is 6.27. The average molecular weight is 486 g/mol. The zero-order chi connectivity index (χ0) is 25.3. The second-order valence-corrected chi connectivity index (χ2v) is 9.36. The third-order valence-electron chi connectivity index (χ3n) is 6.27. The van der Waals surface area contributed by atoms with Gasteiger partial charge in [-0.1, -0.05) is 101 Å². The van der Waals surface area contributed by atoms with Crippen LogP contribution >= 0.6 is 0 Å². The van der Waals surface area contributed by atoms with E-state index in [1.165, 1.54) is 57.8 Å². The molecule has 1 radical (unpaired) electrons. The van der Waals surface area contributed by atoms with Crippen LogP contribution in [-0.4, -0.2) is 12.5 Å². The first-order chi connectivity index (χ1) is 17.7. The molecule has 191 valence electrons. The standard InChI is InChI=1S/C32H41N2O2/c1-2-3-4-5-6-7-8-9-10-14-24-33-32(35)28-22-20-27(21-23-28)26-34-29-16-15-19-31(25-29)36-30-17-12-11-13-18-30/h11-13,15-23,25H,2-10,14,24,26H2,1H3,(H,33,35). The van der Waals surface area contributed by atoms with E-state index in [0.717, 1.165) is 35.7 Å². The molecule has 0 spiro atoms. The first kappa shape index (κ1) is 27.3. The molecule has 0 fully saturated rings. The minimum absolute atomic E-state index is 0.000162. The molecule has 0 unspecified atom stereocenters. The van der Waals surface area contributed by atoms with Crippen molar-refractivity contribution in [3.05, 3.63) is 90.0 Å². The summed E-state index contributed by atoms with van der Waals surface area (Å²) in [5.41, 5.74) is 2.63. The number of para-hydroxylation sites is 1. The molecule has 3 aromatic rings. The van der Waals surface area contributed by atoms with Crippen LogP contribution in [0.5, 0.6) is 11.5 Å². The fourth-order valence-electron chi connectivity index (χ4n) is 4.13. The Morgan fingerprint density at radius 2 is 1.36 bits per heavy atom. The summed E-state index contributed by atoms with van der Waals surface area (Å²) < 4.78 is 5.89. The van der Waals surface area contributed by atoms with Gasteiger partial charge in [-0.15, -0.1) is 0 Å². The normalized spacial score (nSPS) is 10.7. The van der Waals surface area contributed by atoms with Gasteiger partial charge in [-0.2, -0.15) is 0 Å². The highest BCUT2D eigenvalue weighted by atomic mass is 16.5. The van der Waals surface area contributed by atoms with E-state index in [1.807, 2.05) is 78.9 Å². The van der Waals surface area contributed by atoms with Crippen LogP contribution in [0.4, 0.5) is 5.69 Å². The largest absolute Gasteiger partial charge is 0.457 e. The van der Waals surface area contributed by atoms with Gasteiger partial charge in [0.15, 0.2) is 0 Å². The van der Waals surface area contributed by atoms with Crippen LogP contribution in [0, 0.1) is 0 Å². The number of hydrogen-bond donors (Lipinski definition) is 1. The predicted octanol–water partition coefficient (Wildman–Crippen LogP) is 8.57. The summed E-state index contributed by atoms with van der Waals surface area (Å²) in [6, 6.07) is 25.2. The van der Waals surface area contributed by atoms with E-state index in [1.54, 1.807) is 0 Å². The lowest BCUT2D eigenvalue weighted by atomic mass is 10.1. The van der Waals surface area contributed by atoms with Gasteiger partial charge >= 0.3 is 0 Å². The van der Waals surface area contributed by atoms with E-state index in [9.17, 15) is 4.79 Å². The highest BCUT2D eigenvalue weighted by molar-refractivity contribution is 5.94. The van der Waals surface area contributed by atoms with Gasteiger partial charge in [-0.3, -0.25) is 10.1 Å². The van der Waals surface area contributed by atoms with Gasteiger partial charge in [0, 0.05) is 18.2 Å². The second-order valence-electron chi connectivity index (χ2n) is 9.36. The maximum atomic E-state index is 12.4. The number of amides is 1. The molecule has 0 saturated carbocycles. The van der Waals surface area contributed by atoms with Crippen LogP contribution in [0.3, 0.4) is 0 Å². The molecule has 0 aliphatic rings. The van der Waals surface area contributed by atoms with Gasteiger partial charge in [0.25, 0.3) is 5.91 Å². The van der Waals surface area contributed by atoms with Crippen LogP contribution in [0.25, 0.3) is 0 Å². The monoisotopic (exact) mass is 485 g/mol. The Morgan fingerprint density at radius 3 is 2.06 bits per heavy atom. The van der Waals surface area contributed by atoms with Gasteiger partial charge in [0.05, 0.1) is 12.2 Å². The van der Waals surface area contributed by atoms with Crippen molar-refractivity contribution in [3.8, 4) is 11.5 Å². The maximum Gasteiger partial charge on any atom is 0.251 e. The molecule has 0 aromatic heterocycles. The highest BCUT2D eigenvalue weighted by Gasteiger charge is 2.06. The smallest absolute Gasteiger partial charge is 0.251 e. The molecule has 3 aromatic carbocycles. The third kappa shape index (κ3) is 10.6. The number of rotatable bonds is 17. The summed E-state index contributed by atoms with van der Waals surface area (Å²) in [6.45, 7) is 3.55. The van der Waals surface area contributed by atoms with Crippen LogP contribution in [0.2, 0.25) is 0 Å². The molecule has 36 heavy (non-hydrogen) atoms. The number of carbonyl (C=O) groups is 1. The molecule has 1 amide bonds. The van der Waals surface area contributed by atoms with Crippen LogP contribution < -0.4 is 15.4 Å². The molecular weight excluding hydrogens is 444 g/mol. The molecule has 4 heteroatoms. The summed E-state index contributed by atoms with van der Waals surface area (Å²) in [5, 5.41) is 7.73. The van der Waals surface area contributed by atoms with Gasteiger partial charge < -0.3 is 10.1 Å². The molecule has 3 rings (SSSR count). The molecule has 0 aliphatic carbocycles. The molecule has 0 heterocycles. The van der Waals surface area contributed by atoms with Crippen molar-refractivity contribution in [3.63, 3.8) is 0 Å². The van der Waals surface area contributed by atoms with Gasteiger partial charge in [0.1, 0.15) is 11.5 Å². The number of ether oxygens (including phenoxy) is 1. The van der Waals surface area contributed by atoms with Crippen LogP contribution in [0.15, 0.2) is 78.9 Å². The van der Waals surface area contributed by atoms with Gasteiger partial charge in [0.2, 0.25) is 0 Å². The van der Waals surface area contributed by atoms with Crippen molar-refractivity contribution < 1.29 is 9.53 Å². The minimum atomic E-state index is 0.000162. The quantitative estimate of drug-likeness (QED) is 0.195. The number of unbranched alkanes of at least 4 members (excludes halogenated alkanes) is 9. The molecular formula is C32H41N2O2. The summed E-state index contributed by atoms with van der Waals surface area (Å²) >= 11 is 0. The number of carbonyl (C=O) groups excluding carboxylic acids is 1. The molecule has 0 aliphatic heterocycles. The minimum Gasteiger partial charge on any atom is -0.457 e. The zero-order valence-corrected chi connectivity index (χ0v) is 21.8. The maximum absolute atomic E-state index is 12.4. The van der Waals surface area contributed by atoms with E-state index < -0.39 is 0 Å². The van der Waals surface area contributed by atoms with Gasteiger partial charge in [-0.25, -0.2) is 0 Å². The summed E-state index contributed by atoms with van der Waals surface area (Å²) in [5.74, 6) is 1.56. The lowest BCUT2D eigenvalue weighted by molar-refractivity contribution is 0.0953. The van der Waals surface area contributed by atoms with Crippen molar-refractivity contribution in [2.24, 2.45) is 0 Å². The fourth-order valence-corrected chi connectivity index (χ4v) is 4.13. The van der Waals surface area contributed by atoms with Crippen LogP contribution in [0.1, 0.15) is 87.1 Å². The number of nitrogens with zero attached hydrogens (tertiary/aromatic N) is 1. The van der Waals surface area contributed by atoms with Crippen molar-refractivity contribution in [1.82, 2.24) is 10.6 Å². The SMILES string of the molecule is CCCCCCCCCCCCNC(=O)c1ccc(C[N]c2cccc(Oc3ccccc3)c2)cc1. The average Bonchev–Trinajstić information content (AvgIpc) is 2.91. The van der Waals surface area contributed by atoms with E-state index >= 15 is 0 Å². The van der Waals surface area contributed by atoms with Crippen molar-refractivity contribution in [1.29, 1.82) is 0 Å². The first-order valence-electron chi connectivity index (χ1n) is 13.6. The topological polar surface area (TPSA) is 52.4 Å². The summed E-state index contributed by atoms with van der Waals surface area (Å²) in [4.78, 5) is 12.4. The molecule has 0 atom stereocenters. The molecule has 4 nitrogen and oxygen atoms in total. The second kappa shape index (κ2) is 16.4. The Hall–Kier alpha value is -3.27. The number of hydrogen-bond acceptors (Lipinski definition) is 2. The Balaban J connectivity index is 1.31. The van der Waals surface area contributed by atoms with E-state index in [-0.39, 0.29) is 5.91 Å². The number of benzene rings is 3. The Kier molecular flexibility index (Phi) is 12.5. The zero-order valence-electron chi connectivity index (χ0n) is 21.8. The first-order valence-corrected chi connectivity index (χ1v) is 13.6. The lowest BCUT2D eigenvalue weighted by Gasteiger charge is -2.09. The van der Waals surface area contributed by atoms with E-state index in [4.69, 9.17) is 4.74 Å². The summed E-state index contributed by atoms with van der Waals surface area (Å²) in [6.07, 6.45) is 13.0. The summed E-state index contributed by atoms with van der Waals surface area (Å²) in [7, 11) is 0.